The Morgan fingerprint density at radius 3 is 2.58 bits per heavy atom. The zero-order valence-corrected chi connectivity index (χ0v) is 18.9. The zero-order valence-electron chi connectivity index (χ0n) is 18.1. The lowest BCUT2D eigenvalue weighted by molar-refractivity contribution is -0.114. The van der Waals surface area contributed by atoms with E-state index in [0.717, 1.165) is 47.1 Å². The van der Waals surface area contributed by atoms with Gasteiger partial charge >= 0.3 is 5.97 Å². The van der Waals surface area contributed by atoms with Gasteiger partial charge in [0.1, 0.15) is 6.61 Å². The van der Waals surface area contributed by atoms with Crippen LogP contribution in [-0.2, 0) is 11.4 Å². The van der Waals surface area contributed by atoms with E-state index in [1.54, 1.807) is 18.3 Å². The normalized spacial score (nSPS) is 13.2. The van der Waals surface area contributed by atoms with E-state index in [1.165, 1.54) is 13.0 Å². The van der Waals surface area contributed by atoms with Crippen LogP contribution in [0.3, 0.4) is 0 Å². The van der Waals surface area contributed by atoms with Crippen molar-refractivity contribution in [2.75, 3.05) is 5.32 Å². The lowest BCUT2D eigenvalue weighted by atomic mass is 9.95. The van der Waals surface area contributed by atoms with Crippen molar-refractivity contribution in [1.82, 2.24) is 4.98 Å². The monoisotopic (exact) mass is 462 g/mol. The minimum atomic E-state index is -1.06. The Bertz CT molecular complexity index is 1240. The number of pyridine rings is 1. The second-order valence-corrected chi connectivity index (χ2v) is 8.31. The number of aromatic carboxylic acids is 1. The maximum Gasteiger partial charge on any atom is 0.335 e. The first-order chi connectivity index (χ1) is 15.9. The summed E-state index contributed by atoms with van der Waals surface area (Å²) in [4.78, 5) is 27.7. The Labute approximate surface area is 196 Å². The van der Waals surface area contributed by atoms with Gasteiger partial charge in [0.2, 0.25) is 11.8 Å². The Kier molecular flexibility index (Phi) is 6.75. The number of nitrogens with one attached hydrogen (secondary N) is 1. The molecule has 0 saturated carbocycles. The van der Waals surface area contributed by atoms with E-state index in [1.807, 2.05) is 36.4 Å². The van der Waals surface area contributed by atoms with Crippen LogP contribution in [0.1, 0.15) is 53.2 Å². The number of carbonyl (C=O) groups is 2. The van der Waals surface area contributed by atoms with Crippen LogP contribution in [0.15, 0.2) is 60.8 Å². The van der Waals surface area contributed by atoms with Gasteiger partial charge in [0, 0.05) is 24.4 Å². The Morgan fingerprint density at radius 2 is 1.85 bits per heavy atom. The van der Waals surface area contributed by atoms with Gasteiger partial charge in [0.25, 0.3) is 0 Å². The number of carboxylic acids is 1. The second kappa shape index (κ2) is 9.88. The van der Waals surface area contributed by atoms with Gasteiger partial charge in [0.15, 0.2) is 0 Å². The lowest BCUT2D eigenvalue weighted by Crippen LogP contribution is -2.08. The first-order valence-electron chi connectivity index (χ1n) is 10.6. The molecule has 1 aliphatic carbocycles. The third kappa shape index (κ3) is 5.41. The predicted octanol–water partition coefficient (Wildman–Crippen LogP) is 6.07. The predicted molar refractivity (Wildman–Crippen MR) is 128 cm³/mol. The molecule has 1 heterocycles. The van der Waals surface area contributed by atoms with Crippen molar-refractivity contribution in [3.8, 4) is 5.88 Å². The summed E-state index contributed by atoms with van der Waals surface area (Å²) in [6.07, 6.45) is 4.01. The maximum atomic E-state index is 11.7. The number of halogens is 1. The third-order valence-electron chi connectivity index (χ3n) is 5.43. The number of carboxylic acid groups (broad SMARTS) is 1. The fraction of sp³-hybridized carbons (Fsp3) is 0.192. The van der Waals surface area contributed by atoms with Gasteiger partial charge < -0.3 is 15.2 Å². The van der Waals surface area contributed by atoms with Crippen molar-refractivity contribution in [3.63, 3.8) is 0 Å². The molecule has 33 heavy (non-hydrogen) atoms. The highest BCUT2D eigenvalue weighted by Gasteiger charge is 2.23. The summed E-state index contributed by atoms with van der Waals surface area (Å²) in [7, 11) is 0. The quantitative estimate of drug-likeness (QED) is 0.445. The highest BCUT2D eigenvalue weighted by Crippen LogP contribution is 2.43. The van der Waals surface area contributed by atoms with Crippen LogP contribution in [0, 0.1) is 0 Å². The molecule has 0 spiro atoms. The van der Waals surface area contributed by atoms with Gasteiger partial charge in [-0.15, -0.1) is 0 Å². The minimum Gasteiger partial charge on any atom is -0.478 e. The van der Waals surface area contributed by atoms with E-state index in [2.05, 4.69) is 10.3 Å². The van der Waals surface area contributed by atoms with Crippen LogP contribution >= 0.6 is 11.6 Å². The number of hydrogen-bond acceptors (Lipinski definition) is 4. The van der Waals surface area contributed by atoms with Crippen LogP contribution in [0.25, 0.3) is 11.1 Å². The Balaban J connectivity index is 1.76. The van der Waals surface area contributed by atoms with Gasteiger partial charge in [-0.3, -0.25) is 4.79 Å². The molecular formula is C26H23ClN2O4. The number of hydrogen-bond donors (Lipinski definition) is 2. The molecule has 6 nitrogen and oxygen atoms in total. The average molecular weight is 463 g/mol. The molecular weight excluding hydrogens is 440 g/mol. The number of ether oxygens (including phenoxy) is 1. The molecule has 168 valence electrons. The van der Waals surface area contributed by atoms with E-state index in [9.17, 15) is 14.7 Å². The summed E-state index contributed by atoms with van der Waals surface area (Å²) in [6.45, 7) is 1.76. The molecule has 3 aromatic rings. The van der Waals surface area contributed by atoms with Crippen molar-refractivity contribution in [3.05, 3.63) is 88.1 Å². The van der Waals surface area contributed by atoms with Crippen LogP contribution in [0.2, 0.25) is 5.02 Å². The average Bonchev–Trinajstić information content (AvgIpc) is 3.28. The van der Waals surface area contributed by atoms with Crippen molar-refractivity contribution in [2.45, 2.75) is 32.8 Å². The van der Waals surface area contributed by atoms with Gasteiger partial charge in [-0.1, -0.05) is 41.9 Å². The van der Waals surface area contributed by atoms with E-state index >= 15 is 0 Å². The van der Waals surface area contributed by atoms with Crippen molar-refractivity contribution in [2.24, 2.45) is 0 Å². The van der Waals surface area contributed by atoms with Crippen molar-refractivity contribution < 1.29 is 19.4 Å². The number of nitrogens with zero attached hydrogens (tertiary/aromatic N) is 1. The molecule has 0 fully saturated rings. The fourth-order valence-corrected chi connectivity index (χ4v) is 4.20. The smallest absolute Gasteiger partial charge is 0.335 e. The molecule has 7 heteroatoms. The molecule has 0 unspecified atom stereocenters. The lowest BCUT2D eigenvalue weighted by Gasteiger charge is -2.15. The molecule has 2 aromatic carbocycles. The topological polar surface area (TPSA) is 88.5 Å². The molecule has 0 saturated heterocycles. The highest BCUT2D eigenvalue weighted by molar-refractivity contribution is 6.30. The summed E-state index contributed by atoms with van der Waals surface area (Å²) in [5.41, 5.74) is 5.14. The molecule has 1 aromatic heterocycles. The number of allylic oxidation sites excluding steroid dienone is 2. The van der Waals surface area contributed by atoms with E-state index in [4.69, 9.17) is 16.3 Å². The first kappa shape index (κ1) is 22.6. The van der Waals surface area contributed by atoms with Crippen molar-refractivity contribution in [1.29, 1.82) is 0 Å². The maximum absolute atomic E-state index is 11.7. The molecule has 1 aliphatic rings. The second-order valence-electron chi connectivity index (χ2n) is 7.88. The zero-order chi connectivity index (χ0) is 23.4. The summed E-state index contributed by atoms with van der Waals surface area (Å²) in [5, 5.41) is 12.8. The first-order valence-corrected chi connectivity index (χ1v) is 11.0. The van der Waals surface area contributed by atoms with Crippen LogP contribution < -0.4 is 10.1 Å². The third-order valence-corrected chi connectivity index (χ3v) is 5.63. The highest BCUT2D eigenvalue weighted by atomic mass is 35.5. The number of amides is 1. The van der Waals surface area contributed by atoms with E-state index < -0.39 is 5.97 Å². The Morgan fingerprint density at radius 1 is 1.09 bits per heavy atom. The van der Waals surface area contributed by atoms with E-state index in [-0.39, 0.29) is 11.5 Å². The van der Waals surface area contributed by atoms with Crippen LogP contribution in [0.4, 0.5) is 5.69 Å². The molecule has 0 aliphatic heterocycles. The number of carbonyl (C=O) groups excluding carboxylic acids is 1. The molecule has 0 bridgehead atoms. The fourth-order valence-electron chi connectivity index (χ4n) is 4.04. The largest absolute Gasteiger partial charge is 0.478 e. The number of anilines is 1. The van der Waals surface area contributed by atoms with Gasteiger partial charge in [-0.25, -0.2) is 9.78 Å². The van der Waals surface area contributed by atoms with Gasteiger partial charge in [0.05, 0.1) is 10.6 Å². The molecule has 2 N–H and O–H groups in total. The standard InChI is InChI=1S/C26H23ClN2O4/c1-16(30)29-21-11-18(10-19(12-21)26(31)32)22-8-5-9-23(22)24-13-20(27)14-28-25(24)33-15-17-6-3-2-4-7-17/h2-4,6-7,10-14H,5,8-9,15H2,1H3,(H,29,30)(H,31,32). The molecule has 1 amide bonds. The summed E-state index contributed by atoms with van der Waals surface area (Å²) < 4.78 is 6.06. The van der Waals surface area contributed by atoms with Crippen molar-refractivity contribution >= 4 is 40.3 Å². The number of benzene rings is 2. The van der Waals surface area contributed by atoms with E-state index in [0.29, 0.717) is 23.2 Å². The number of rotatable bonds is 7. The molecule has 4 rings (SSSR count). The molecule has 0 radical (unpaired) electrons. The number of aromatic nitrogens is 1. The molecule has 0 atom stereocenters. The SMILES string of the molecule is CC(=O)Nc1cc(C(=O)O)cc(C2=C(c3cc(Cl)cnc3OCc3ccccc3)CCC2)c1. The Hall–Kier alpha value is -3.64. The van der Waals surface area contributed by atoms with Gasteiger partial charge in [-0.2, -0.15) is 0 Å². The summed E-state index contributed by atoms with van der Waals surface area (Å²) >= 11 is 6.29. The van der Waals surface area contributed by atoms with Gasteiger partial charge in [-0.05, 0) is 65.8 Å². The summed E-state index contributed by atoms with van der Waals surface area (Å²) in [5.74, 6) is -0.839. The summed E-state index contributed by atoms with van der Waals surface area (Å²) in [6, 6.07) is 16.6. The van der Waals surface area contributed by atoms with Crippen LogP contribution in [0.5, 0.6) is 5.88 Å². The minimum absolute atomic E-state index is 0.111. The van der Waals surface area contributed by atoms with Crippen LogP contribution in [-0.4, -0.2) is 22.0 Å².